The number of rotatable bonds is 7. The lowest BCUT2D eigenvalue weighted by Crippen LogP contribution is -2.20. The SMILES string of the molecule is Cc1cc(C)c(S(=O)(=O)Nc2ccc(OCC(F)(F)F)nc2)c(C)c1NS(C)(=O)=O. The molecule has 0 amide bonds. The number of aromatic nitrogens is 1. The minimum atomic E-state index is -4.53. The van der Waals surface area contributed by atoms with Crippen LogP contribution in [0, 0.1) is 20.8 Å². The molecule has 0 unspecified atom stereocenters. The predicted molar refractivity (Wildman–Crippen MR) is 106 cm³/mol. The lowest BCUT2D eigenvalue weighted by molar-refractivity contribution is -0.154. The summed E-state index contributed by atoms with van der Waals surface area (Å²) in [6.07, 6.45) is -2.57. The van der Waals surface area contributed by atoms with Crippen LogP contribution in [0.1, 0.15) is 16.7 Å². The van der Waals surface area contributed by atoms with Crippen molar-refractivity contribution < 1.29 is 34.7 Å². The molecule has 0 atom stereocenters. The summed E-state index contributed by atoms with van der Waals surface area (Å²) in [7, 11) is -7.81. The summed E-state index contributed by atoms with van der Waals surface area (Å²) in [6.45, 7) is 3.14. The van der Waals surface area contributed by atoms with Crippen LogP contribution in [-0.4, -0.2) is 40.9 Å². The van der Waals surface area contributed by atoms with Gasteiger partial charge in [0.1, 0.15) is 0 Å². The maximum absolute atomic E-state index is 12.9. The lowest BCUT2D eigenvalue weighted by Gasteiger charge is -2.18. The molecule has 0 aliphatic rings. The lowest BCUT2D eigenvalue weighted by atomic mass is 10.1. The zero-order valence-electron chi connectivity index (χ0n) is 16.5. The zero-order chi connectivity index (χ0) is 22.9. The highest BCUT2D eigenvalue weighted by molar-refractivity contribution is 7.93. The molecule has 166 valence electrons. The van der Waals surface area contributed by atoms with Crippen molar-refractivity contribution in [3.05, 3.63) is 41.1 Å². The van der Waals surface area contributed by atoms with Crippen LogP contribution in [0.5, 0.6) is 5.88 Å². The molecule has 13 heteroatoms. The van der Waals surface area contributed by atoms with Crippen LogP contribution in [0.25, 0.3) is 0 Å². The molecule has 1 aromatic heterocycles. The van der Waals surface area contributed by atoms with Crippen molar-refractivity contribution in [1.82, 2.24) is 4.98 Å². The fourth-order valence-corrected chi connectivity index (χ4v) is 5.02. The Bertz CT molecular complexity index is 1150. The number of nitrogens with zero attached hydrogens (tertiary/aromatic N) is 1. The molecule has 0 aliphatic heterocycles. The zero-order valence-corrected chi connectivity index (χ0v) is 18.1. The van der Waals surface area contributed by atoms with Crippen LogP contribution in [0.2, 0.25) is 0 Å². The molecular formula is C17H20F3N3O5S2. The Labute approximate surface area is 172 Å². The van der Waals surface area contributed by atoms with E-state index in [1.54, 1.807) is 13.8 Å². The van der Waals surface area contributed by atoms with Crippen LogP contribution < -0.4 is 14.2 Å². The molecule has 0 saturated carbocycles. The minimum absolute atomic E-state index is 0.00800. The Kier molecular flexibility index (Phi) is 6.57. The van der Waals surface area contributed by atoms with Gasteiger partial charge in [0.25, 0.3) is 10.0 Å². The van der Waals surface area contributed by atoms with E-state index in [0.717, 1.165) is 18.5 Å². The highest BCUT2D eigenvalue weighted by Gasteiger charge is 2.29. The first-order chi connectivity index (χ1) is 13.6. The van der Waals surface area contributed by atoms with Gasteiger partial charge in [0.15, 0.2) is 6.61 Å². The third kappa shape index (κ3) is 6.23. The van der Waals surface area contributed by atoms with Gasteiger partial charge in [-0.3, -0.25) is 9.44 Å². The summed E-state index contributed by atoms with van der Waals surface area (Å²) in [5, 5.41) is 0. The number of nitrogens with one attached hydrogen (secondary N) is 2. The van der Waals surface area contributed by atoms with E-state index in [1.165, 1.54) is 19.1 Å². The van der Waals surface area contributed by atoms with E-state index in [4.69, 9.17) is 0 Å². The number of pyridine rings is 1. The van der Waals surface area contributed by atoms with Gasteiger partial charge in [-0.05, 0) is 43.5 Å². The van der Waals surface area contributed by atoms with Crippen molar-refractivity contribution in [2.24, 2.45) is 0 Å². The third-order valence-electron chi connectivity index (χ3n) is 3.83. The van der Waals surface area contributed by atoms with E-state index in [0.29, 0.717) is 11.1 Å². The van der Waals surface area contributed by atoms with Crippen molar-refractivity contribution in [2.45, 2.75) is 31.8 Å². The molecule has 0 spiro atoms. The minimum Gasteiger partial charge on any atom is -0.468 e. The third-order valence-corrected chi connectivity index (χ3v) is 6.07. The number of ether oxygens (including phenoxy) is 1. The summed E-state index contributed by atoms with van der Waals surface area (Å²) in [5.41, 5.74) is 1.27. The molecule has 0 fully saturated rings. The first-order valence-electron chi connectivity index (χ1n) is 8.36. The molecule has 2 aromatic rings. The molecule has 30 heavy (non-hydrogen) atoms. The molecule has 8 nitrogen and oxygen atoms in total. The monoisotopic (exact) mass is 467 g/mol. The molecule has 1 heterocycles. The number of benzene rings is 1. The first-order valence-corrected chi connectivity index (χ1v) is 11.7. The largest absolute Gasteiger partial charge is 0.468 e. The van der Waals surface area contributed by atoms with Crippen LogP contribution in [-0.2, 0) is 20.0 Å². The number of aryl methyl sites for hydroxylation is 2. The molecule has 2 rings (SSSR count). The van der Waals surface area contributed by atoms with Gasteiger partial charge in [0.2, 0.25) is 15.9 Å². The highest BCUT2D eigenvalue weighted by Crippen LogP contribution is 2.32. The number of anilines is 2. The quantitative estimate of drug-likeness (QED) is 0.647. The summed E-state index contributed by atoms with van der Waals surface area (Å²) in [4.78, 5) is 3.52. The second-order valence-corrected chi connectivity index (χ2v) is 9.98. The van der Waals surface area contributed by atoms with Crippen LogP contribution in [0.15, 0.2) is 29.3 Å². The average Bonchev–Trinajstić information content (AvgIpc) is 2.55. The summed E-state index contributed by atoms with van der Waals surface area (Å²) in [6, 6.07) is 3.82. The Balaban J connectivity index is 2.35. The summed E-state index contributed by atoms with van der Waals surface area (Å²) >= 11 is 0. The predicted octanol–water partition coefficient (Wildman–Crippen LogP) is 3.12. The van der Waals surface area contributed by atoms with Gasteiger partial charge < -0.3 is 4.74 Å². The maximum atomic E-state index is 12.9. The van der Waals surface area contributed by atoms with Crippen molar-refractivity contribution in [2.75, 3.05) is 22.3 Å². The second-order valence-electron chi connectivity index (χ2n) is 6.61. The first kappa shape index (κ1) is 23.7. The van der Waals surface area contributed by atoms with E-state index in [9.17, 15) is 30.0 Å². The summed E-state index contributed by atoms with van der Waals surface area (Å²) < 4.78 is 94.7. The van der Waals surface area contributed by atoms with E-state index in [1.807, 2.05) is 0 Å². The molecule has 0 radical (unpaired) electrons. The number of hydrogen-bond acceptors (Lipinski definition) is 6. The molecule has 0 aliphatic carbocycles. The number of halogens is 3. The molecule has 2 N–H and O–H groups in total. The number of alkyl halides is 3. The van der Waals surface area contributed by atoms with Gasteiger partial charge in [-0.1, -0.05) is 6.07 Å². The van der Waals surface area contributed by atoms with Gasteiger partial charge in [-0.25, -0.2) is 21.8 Å². The van der Waals surface area contributed by atoms with Gasteiger partial charge in [0, 0.05) is 6.07 Å². The van der Waals surface area contributed by atoms with Gasteiger partial charge in [-0.15, -0.1) is 0 Å². The molecule has 1 aromatic carbocycles. The topological polar surface area (TPSA) is 114 Å². The molecule has 0 bridgehead atoms. The van der Waals surface area contributed by atoms with Gasteiger partial charge in [-0.2, -0.15) is 13.2 Å². The summed E-state index contributed by atoms with van der Waals surface area (Å²) in [5.74, 6) is -0.322. The standard InChI is InChI=1S/C17H20F3N3O5S2/c1-10-7-11(2)16(12(3)15(10)23-29(4,24)25)30(26,27)22-13-5-6-14(21-8-13)28-9-17(18,19)20/h5-8,22-23H,9H2,1-4H3. The molecule has 0 saturated heterocycles. The van der Waals surface area contributed by atoms with Crippen LogP contribution >= 0.6 is 0 Å². The van der Waals surface area contributed by atoms with E-state index in [2.05, 4.69) is 19.2 Å². The fraction of sp³-hybridized carbons (Fsp3) is 0.353. The Morgan fingerprint density at radius 3 is 2.17 bits per heavy atom. The van der Waals surface area contributed by atoms with Gasteiger partial charge >= 0.3 is 6.18 Å². The van der Waals surface area contributed by atoms with Crippen LogP contribution in [0.3, 0.4) is 0 Å². The van der Waals surface area contributed by atoms with Crippen molar-refractivity contribution in [1.29, 1.82) is 0 Å². The fourth-order valence-electron chi connectivity index (χ4n) is 2.81. The second kappa shape index (κ2) is 8.30. The van der Waals surface area contributed by atoms with Crippen LogP contribution in [0.4, 0.5) is 24.5 Å². The average molecular weight is 467 g/mol. The van der Waals surface area contributed by atoms with Crippen molar-refractivity contribution in [3.8, 4) is 5.88 Å². The molecular weight excluding hydrogens is 447 g/mol. The number of sulfonamides is 2. The van der Waals surface area contributed by atoms with Crippen molar-refractivity contribution >= 4 is 31.4 Å². The highest BCUT2D eigenvalue weighted by atomic mass is 32.2. The Morgan fingerprint density at radius 2 is 1.67 bits per heavy atom. The Morgan fingerprint density at radius 1 is 1.03 bits per heavy atom. The van der Waals surface area contributed by atoms with Gasteiger partial charge in [0.05, 0.1) is 28.7 Å². The Hall–Kier alpha value is -2.54. The van der Waals surface area contributed by atoms with E-state index in [-0.39, 0.29) is 27.7 Å². The normalized spacial score (nSPS) is 12.5. The maximum Gasteiger partial charge on any atom is 0.422 e. The van der Waals surface area contributed by atoms with E-state index >= 15 is 0 Å². The smallest absolute Gasteiger partial charge is 0.422 e. The van der Waals surface area contributed by atoms with E-state index < -0.39 is 32.8 Å². The number of hydrogen-bond donors (Lipinski definition) is 2. The van der Waals surface area contributed by atoms with Crippen molar-refractivity contribution in [3.63, 3.8) is 0 Å².